The molecular weight excluding hydrogens is 222 g/mol. The first-order valence-electron chi connectivity index (χ1n) is 4.80. The van der Waals surface area contributed by atoms with Gasteiger partial charge in [-0.15, -0.1) is 11.3 Å². The third kappa shape index (κ3) is 2.62. The number of rotatable bonds is 3. The van der Waals surface area contributed by atoms with Gasteiger partial charge in [0, 0.05) is 11.4 Å². The Kier molecular flexibility index (Phi) is 3.46. The van der Waals surface area contributed by atoms with E-state index in [1.54, 1.807) is 23.1 Å². The molecule has 2 rings (SSSR count). The van der Waals surface area contributed by atoms with Crippen molar-refractivity contribution in [2.45, 2.75) is 22.6 Å². The average Bonchev–Trinajstić information content (AvgIpc) is 2.71. The molecule has 15 heavy (non-hydrogen) atoms. The first-order valence-corrected chi connectivity index (χ1v) is 6.50. The molecule has 3 heteroatoms. The quantitative estimate of drug-likeness (QED) is 0.878. The maximum Gasteiger partial charge on any atom is 0.0646 e. The first-order chi connectivity index (χ1) is 7.29. The van der Waals surface area contributed by atoms with Crippen LogP contribution >= 0.6 is 23.1 Å². The van der Waals surface area contributed by atoms with Crippen LogP contribution in [-0.4, -0.2) is 0 Å². The lowest BCUT2D eigenvalue weighted by Crippen LogP contribution is -1.98. The fraction of sp³-hybridized carbons (Fsp3) is 0.167. The molecule has 1 aromatic heterocycles. The van der Waals surface area contributed by atoms with E-state index in [4.69, 9.17) is 5.73 Å². The van der Waals surface area contributed by atoms with Gasteiger partial charge in [0.2, 0.25) is 0 Å². The fourth-order valence-electron chi connectivity index (χ4n) is 1.36. The number of thiophene rings is 1. The largest absolute Gasteiger partial charge is 0.326 e. The Labute approximate surface area is 98.3 Å². The summed E-state index contributed by atoms with van der Waals surface area (Å²) in [6.45, 7) is 2.72. The fourth-order valence-corrected chi connectivity index (χ4v) is 3.32. The SMILES string of the molecule is Cc1ccc(CN)c(Sc2cccs2)c1. The van der Waals surface area contributed by atoms with Gasteiger partial charge in [-0.2, -0.15) is 0 Å². The zero-order valence-corrected chi connectivity index (χ0v) is 10.2. The van der Waals surface area contributed by atoms with Crippen molar-refractivity contribution in [1.29, 1.82) is 0 Å². The van der Waals surface area contributed by atoms with E-state index in [0.717, 1.165) is 0 Å². The number of nitrogens with two attached hydrogens (primary N) is 1. The molecule has 0 fully saturated rings. The first kappa shape index (κ1) is 10.7. The van der Waals surface area contributed by atoms with Crippen LogP contribution in [-0.2, 0) is 6.54 Å². The van der Waals surface area contributed by atoms with E-state index in [-0.39, 0.29) is 0 Å². The summed E-state index contributed by atoms with van der Waals surface area (Å²) in [6, 6.07) is 10.6. The van der Waals surface area contributed by atoms with Crippen LogP contribution in [0, 0.1) is 6.92 Å². The van der Waals surface area contributed by atoms with Crippen molar-refractivity contribution in [2.75, 3.05) is 0 Å². The smallest absolute Gasteiger partial charge is 0.0646 e. The number of hydrogen-bond donors (Lipinski definition) is 1. The van der Waals surface area contributed by atoms with E-state index >= 15 is 0 Å². The minimum atomic E-state index is 0.605. The van der Waals surface area contributed by atoms with Gasteiger partial charge in [-0.25, -0.2) is 0 Å². The summed E-state index contributed by atoms with van der Waals surface area (Å²) >= 11 is 3.56. The van der Waals surface area contributed by atoms with Crippen molar-refractivity contribution >= 4 is 23.1 Å². The summed E-state index contributed by atoms with van der Waals surface area (Å²) in [4.78, 5) is 1.28. The lowest BCUT2D eigenvalue weighted by molar-refractivity contribution is 1.02. The summed E-state index contributed by atoms with van der Waals surface area (Å²) in [5, 5.41) is 2.10. The topological polar surface area (TPSA) is 26.0 Å². The molecule has 0 aliphatic carbocycles. The maximum atomic E-state index is 5.72. The van der Waals surface area contributed by atoms with Crippen molar-refractivity contribution in [3.05, 3.63) is 46.8 Å². The van der Waals surface area contributed by atoms with Crippen molar-refractivity contribution in [3.8, 4) is 0 Å². The summed E-state index contributed by atoms with van der Waals surface area (Å²) in [5.74, 6) is 0. The summed E-state index contributed by atoms with van der Waals surface area (Å²) < 4.78 is 1.32. The van der Waals surface area contributed by atoms with Crippen LogP contribution in [0.3, 0.4) is 0 Å². The van der Waals surface area contributed by atoms with Crippen LogP contribution < -0.4 is 5.73 Å². The molecule has 2 N–H and O–H groups in total. The van der Waals surface area contributed by atoms with Gasteiger partial charge in [-0.05, 0) is 35.6 Å². The Hall–Kier alpha value is -0.770. The van der Waals surface area contributed by atoms with E-state index in [0.29, 0.717) is 6.54 Å². The zero-order valence-electron chi connectivity index (χ0n) is 8.57. The molecule has 0 radical (unpaired) electrons. The lowest BCUT2D eigenvalue weighted by Gasteiger charge is -2.06. The molecule has 0 unspecified atom stereocenters. The molecule has 1 aromatic carbocycles. The van der Waals surface area contributed by atoms with Crippen molar-refractivity contribution in [1.82, 2.24) is 0 Å². The van der Waals surface area contributed by atoms with Crippen LogP contribution in [0.1, 0.15) is 11.1 Å². The van der Waals surface area contributed by atoms with Crippen molar-refractivity contribution in [2.24, 2.45) is 5.73 Å². The van der Waals surface area contributed by atoms with E-state index in [1.165, 1.54) is 20.2 Å². The minimum Gasteiger partial charge on any atom is -0.326 e. The molecule has 0 saturated heterocycles. The zero-order chi connectivity index (χ0) is 10.7. The van der Waals surface area contributed by atoms with Gasteiger partial charge in [-0.1, -0.05) is 30.0 Å². The molecule has 0 spiro atoms. The van der Waals surface area contributed by atoms with Crippen molar-refractivity contribution < 1.29 is 0 Å². The minimum absolute atomic E-state index is 0.605. The van der Waals surface area contributed by atoms with Gasteiger partial charge in [0.1, 0.15) is 0 Å². The summed E-state index contributed by atoms with van der Waals surface area (Å²) in [7, 11) is 0. The van der Waals surface area contributed by atoms with Gasteiger partial charge in [-0.3, -0.25) is 0 Å². The molecule has 0 aliphatic rings. The molecular formula is C12H13NS2. The monoisotopic (exact) mass is 235 g/mol. The molecule has 1 nitrogen and oxygen atoms in total. The van der Waals surface area contributed by atoms with Crippen LogP contribution in [0.2, 0.25) is 0 Å². The van der Waals surface area contributed by atoms with Crippen LogP contribution in [0.25, 0.3) is 0 Å². The third-order valence-corrected chi connectivity index (χ3v) is 4.29. The van der Waals surface area contributed by atoms with Crippen LogP contribution in [0.4, 0.5) is 0 Å². The molecule has 0 atom stereocenters. The molecule has 0 bridgehead atoms. The second-order valence-corrected chi connectivity index (χ2v) is 5.64. The number of benzene rings is 1. The molecule has 0 aliphatic heterocycles. The standard InChI is InChI=1S/C12H13NS2/c1-9-4-5-10(8-13)11(7-9)15-12-3-2-6-14-12/h2-7H,8,13H2,1H3. The highest BCUT2D eigenvalue weighted by Gasteiger charge is 2.04. The Morgan fingerprint density at radius 1 is 1.33 bits per heavy atom. The predicted octanol–water partition coefficient (Wildman–Crippen LogP) is 3.67. The second-order valence-electron chi connectivity index (χ2n) is 3.35. The third-order valence-electron chi connectivity index (χ3n) is 2.15. The number of aryl methyl sites for hydroxylation is 1. The summed E-state index contributed by atoms with van der Waals surface area (Å²) in [5.41, 5.74) is 8.22. The second kappa shape index (κ2) is 4.84. The molecule has 0 amide bonds. The molecule has 1 heterocycles. The predicted molar refractivity (Wildman–Crippen MR) is 67.5 cm³/mol. The van der Waals surface area contributed by atoms with Gasteiger partial charge in [0.25, 0.3) is 0 Å². The van der Waals surface area contributed by atoms with E-state index in [1.807, 2.05) is 0 Å². The highest BCUT2D eigenvalue weighted by Crippen LogP contribution is 2.33. The lowest BCUT2D eigenvalue weighted by atomic mass is 10.1. The van der Waals surface area contributed by atoms with Crippen LogP contribution in [0.15, 0.2) is 44.8 Å². The molecule has 0 saturated carbocycles. The van der Waals surface area contributed by atoms with Gasteiger partial charge in [0.15, 0.2) is 0 Å². The Balaban J connectivity index is 2.30. The number of hydrogen-bond acceptors (Lipinski definition) is 3. The Morgan fingerprint density at radius 2 is 2.20 bits per heavy atom. The Morgan fingerprint density at radius 3 is 2.87 bits per heavy atom. The van der Waals surface area contributed by atoms with E-state index in [9.17, 15) is 0 Å². The highest BCUT2D eigenvalue weighted by molar-refractivity contribution is 8.01. The van der Waals surface area contributed by atoms with Gasteiger partial charge in [0.05, 0.1) is 4.21 Å². The van der Waals surface area contributed by atoms with Gasteiger partial charge >= 0.3 is 0 Å². The normalized spacial score (nSPS) is 10.5. The van der Waals surface area contributed by atoms with E-state index in [2.05, 4.69) is 42.6 Å². The van der Waals surface area contributed by atoms with Crippen molar-refractivity contribution in [3.63, 3.8) is 0 Å². The average molecular weight is 235 g/mol. The van der Waals surface area contributed by atoms with E-state index < -0.39 is 0 Å². The van der Waals surface area contributed by atoms with Crippen LogP contribution in [0.5, 0.6) is 0 Å². The molecule has 2 aromatic rings. The Bertz CT molecular complexity index is 435. The van der Waals surface area contributed by atoms with Gasteiger partial charge < -0.3 is 5.73 Å². The molecule has 78 valence electrons. The maximum absolute atomic E-state index is 5.72. The highest BCUT2D eigenvalue weighted by atomic mass is 32.2. The summed E-state index contributed by atoms with van der Waals surface area (Å²) in [6.07, 6.45) is 0.